The van der Waals surface area contributed by atoms with Crippen LogP contribution in [0.5, 0.6) is 0 Å². The van der Waals surface area contributed by atoms with E-state index in [9.17, 15) is 9.59 Å². The summed E-state index contributed by atoms with van der Waals surface area (Å²) >= 11 is 0. The van der Waals surface area contributed by atoms with Crippen molar-refractivity contribution in [3.8, 4) is 0 Å². The van der Waals surface area contributed by atoms with E-state index in [1.54, 1.807) is 0 Å². The third-order valence-corrected chi connectivity index (χ3v) is 2.92. The maximum absolute atomic E-state index is 11.7. The van der Waals surface area contributed by atoms with Gasteiger partial charge in [0.15, 0.2) is 0 Å². The smallest absolute Gasteiger partial charge is 0.315 e. The SMILES string of the molecule is CCC(C)CNC(=O)NC(CC(=O)O)CC(C)(C)C. The molecule has 2 atom stereocenters. The third kappa shape index (κ3) is 10.4. The predicted octanol–water partition coefficient (Wildman–Crippen LogP) is 2.61. The Bertz CT molecular complexity index is 298. The Balaban J connectivity index is 4.30. The van der Waals surface area contributed by atoms with Gasteiger partial charge in [0.1, 0.15) is 0 Å². The first-order valence-corrected chi connectivity index (χ1v) is 6.90. The highest BCUT2D eigenvalue weighted by molar-refractivity contribution is 5.75. The van der Waals surface area contributed by atoms with Crippen LogP contribution in [-0.4, -0.2) is 29.7 Å². The fourth-order valence-corrected chi connectivity index (χ4v) is 1.77. The molecule has 2 unspecified atom stereocenters. The number of urea groups is 1. The molecule has 0 fully saturated rings. The van der Waals surface area contributed by atoms with E-state index in [2.05, 4.69) is 24.5 Å². The number of aliphatic carboxylic acids is 1. The maximum Gasteiger partial charge on any atom is 0.315 e. The molecule has 3 N–H and O–H groups in total. The number of rotatable bonds is 7. The lowest BCUT2D eigenvalue weighted by Crippen LogP contribution is -2.45. The minimum absolute atomic E-state index is 0.0237. The fourth-order valence-electron chi connectivity index (χ4n) is 1.77. The largest absolute Gasteiger partial charge is 0.481 e. The van der Waals surface area contributed by atoms with Crippen LogP contribution in [0, 0.1) is 11.3 Å². The van der Waals surface area contributed by atoms with Gasteiger partial charge in [-0.1, -0.05) is 41.0 Å². The Morgan fingerprint density at radius 3 is 2.26 bits per heavy atom. The van der Waals surface area contributed by atoms with Gasteiger partial charge in [-0.2, -0.15) is 0 Å². The molecule has 0 saturated heterocycles. The average molecular weight is 272 g/mol. The van der Waals surface area contributed by atoms with E-state index in [0.717, 1.165) is 6.42 Å². The summed E-state index contributed by atoms with van der Waals surface area (Å²) < 4.78 is 0. The van der Waals surface area contributed by atoms with Crippen LogP contribution < -0.4 is 10.6 Å². The molecule has 0 aliphatic rings. The predicted molar refractivity (Wildman–Crippen MR) is 76.1 cm³/mol. The van der Waals surface area contributed by atoms with Crippen LogP contribution in [0.3, 0.4) is 0 Å². The van der Waals surface area contributed by atoms with Crippen molar-refractivity contribution in [1.82, 2.24) is 10.6 Å². The minimum Gasteiger partial charge on any atom is -0.481 e. The van der Waals surface area contributed by atoms with Crippen LogP contribution in [0.15, 0.2) is 0 Å². The molecular formula is C14H28N2O3. The molecule has 0 aliphatic heterocycles. The van der Waals surface area contributed by atoms with E-state index < -0.39 is 5.97 Å². The summed E-state index contributed by atoms with van der Waals surface area (Å²) in [7, 11) is 0. The topological polar surface area (TPSA) is 78.4 Å². The van der Waals surface area contributed by atoms with Gasteiger partial charge in [-0.3, -0.25) is 4.79 Å². The summed E-state index contributed by atoms with van der Waals surface area (Å²) in [5.74, 6) is -0.470. The monoisotopic (exact) mass is 272 g/mol. The van der Waals surface area contributed by atoms with Crippen LogP contribution in [0.1, 0.15) is 53.9 Å². The first-order chi connectivity index (χ1) is 8.64. The minimum atomic E-state index is -0.892. The van der Waals surface area contributed by atoms with Gasteiger partial charge < -0.3 is 15.7 Å². The highest BCUT2D eigenvalue weighted by Gasteiger charge is 2.22. The van der Waals surface area contributed by atoms with Crippen LogP contribution in [0.2, 0.25) is 0 Å². The van der Waals surface area contributed by atoms with Crippen molar-refractivity contribution < 1.29 is 14.7 Å². The van der Waals surface area contributed by atoms with Crippen molar-refractivity contribution in [3.63, 3.8) is 0 Å². The van der Waals surface area contributed by atoms with E-state index in [1.165, 1.54) is 0 Å². The summed E-state index contributed by atoms with van der Waals surface area (Å²) in [6, 6.07) is -0.620. The molecule has 0 aliphatic carbocycles. The molecule has 0 aromatic heterocycles. The first-order valence-electron chi connectivity index (χ1n) is 6.90. The molecule has 5 nitrogen and oxygen atoms in total. The molecule has 2 amide bonds. The Kier molecular flexibility index (Phi) is 7.49. The van der Waals surface area contributed by atoms with Crippen LogP contribution in [-0.2, 0) is 4.79 Å². The van der Waals surface area contributed by atoms with Crippen LogP contribution in [0.25, 0.3) is 0 Å². The van der Waals surface area contributed by atoms with Crippen LogP contribution in [0.4, 0.5) is 4.79 Å². The summed E-state index contributed by atoms with van der Waals surface area (Å²) in [5, 5.41) is 14.4. The third-order valence-electron chi connectivity index (χ3n) is 2.92. The zero-order chi connectivity index (χ0) is 15.1. The maximum atomic E-state index is 11.7. The number of amides is 2. The van der Waals surface area contributed by atoms with Gasteiger partial charge in [0, 0.05) is 12.6 Å². The second kappa shape index (κ2) is 8.02. The molecule has 112 valence electrons. The molecule has 5 heteroatoms. The van der Waals surface area contributed by atoms with Gasteiger partial charge in [-0.15, -0.1) is 0 Å². The van der Waals surface area contributed by atoms with Crippen molar-refractivity contribution in [2.24, 2.45) is 11.3 Å². The van der Waals surface area contributed by atoms with Crippen molar-refractivity contribution in [2.45, 2.75) is 59.9 Å². The highest BCUT2D eigenvalue weighted by atomic mass is 16.4. The number of carboxylic acid groups (broad SMARTS) is 1. The fraction of sp³-hybridized carbons (Fsp3) is 0.857. The van der Waals surface area contributed by atoms with E-state index in [0.29, 0.717) is 18.9 Å². The van der Waals surface area contributed by atoms with Crippen molar-refractivity contribution in [3.05, 3.63) is 0 Å². The number of nitrogens with one attached hydrogen (secondary N) is 2. The first kappa shape index (κ1) is 17.7. The van der Waals surface area contributed by atoms with E-state index in [4.69, 9.17) is 5.11 Å². The standard InChI is InChI=1S/C14H28N2O3/c1-6-10(2)9-15-13(19)16-11(7-12(17)18)8-14(3,4)5/h10-11H,6-9H2,1-5H3,(H,17,18)(H2,15,16,19). The second-order valence-corrected chi connectivity index (χ2v) is 6.43. The molecule has 0 aromatic carbocycles. The lowest BCUT2D eigenvalue weighted by molar-refractivity contribution is -0.137. The molecule has 0 bridgehead atoms. The molecule has 0 heterocycles. The van der Waals surface area contributed by atoms with Gasteiger partial charge in [-0.05, 0) is 17.8 Å². The van der Waals surface area contributed by atoms with Crippen molar-refractivity contribution in [1.29, 1.82) is 0 Å². The van der Waals surface area contributed by atoms with Crippen molar-refractivity contribution in [2.75, 3.05) is 6.54 Å². The number of carboxylic acids is 1. The van der Waals surface area contributed by atoms with Gasteiger partial charge in [0.2, 0.25) is 0 Å². The molecule has 0 saturated carbocycles. The number of hydrogen-bond donors (Lipinski definition) is 3. The zero-order valence-corrected chi connectivity index (χ0v) is 12.7. The van der Waals surface area contributed by atoms with Gasteiger partial charge in [0.05, 0.1) is 6.42 Å². The second-order valence-electron chi connectivity index (χ2n) is 6.43. The summed E-state index contributed by atoms with van der Waals surface area (Å²) in [5.41, 5.74) is -0.0237. The average Bonchev–Trinajstić information content (AvgIpc) is 2.22. The lowest BCUT2D eigenvalue weighted by atomic mass is 9.87. The van der Waals surface area contributed by atoms with E-state index in [-0.39, 0.29) is 23.9 Å². The molecule has 0 radical (unpaired) electrons. The number of carbonyl (C=O) groups is 2. The normalized spacial score (nSPS) is 14.6. The molecule has 0 aromatic rings. The quantitative estimate of drug-likeness (QED) is 0.666. The lowest BCUT2D eigenvalue weighted by Gasteiger charge is -2.26. The summed E-state index contributed by atoms with van der Waals surface area (Å²) in [4.78, 5) is 22.5. The molecular weight excluding hydrogens is 244 g/mol. The molecule has 0 spiro atoms. The Morgan fingerprint density at radius 1 is 1.26 bits per heavy atom. The zero-order valence-electron chi connectivity index (χ0n) is 12.7. The number of hydrogen-bond acceptors (Lipinski definition) is 2. The van der Waals surface area contributed by atoms with E-state index >= 15 is 0 Å². The molecule has 19 heavy (non-hydrogen) atoms. The van der Waals surface area contributed by atoms with Gasteiger partial charge in [-0.25, -0.2) is 4.79 Å². The Hall–Kier alpha value is -1.26. The van der Waals surface area contributed by atoms with Crippen molar-refractivity contribution >= 4 is 12.0 Å². The van der Waals surface area contributed by atoms with Gasteiger partial charge in [0.25, 0.3) is 0 Å². The van der Waals surface area contributed by atoms with E-state index in [1.807, 2.05) is 20.8 Å². The Morgan fingerprint density at radius 2 is 1.84 bits per heavy atom. The highest BCUT2D eigenvalue weighted by Crippen LogP contribution is 2.22. The Labute approximate surface area is 116 Å². The summed E-state index contributed by atoms with van der Waals surface area (Å²) in [6.07, 6.45) is 1.59. The number of carbonyl (C=O) groups excluding carboxylic acids is 1. The molecule has 0 rings (SSSR count). The van der Waals surface area contributed by atoms with Crippen LogP contribution >= 0.6 is 0 Å². The van der Waals surface area contributed by atoms with Gasteiger partial charge >= 0.3 is 12.0 Å². The summed E-state index contributed by atoms with van der Waals surface area (Å²) in [6.45, 7) is 10.8.